The van der Waals surface area contributed by atoms with Crippen molar-refractivity contribution in [2.75, 3.05) is 57.3 Å². The molecule has 5 rings (SSSR count). The van der Waals surface area contributed by atoms with Gasteiger partial charge in [-0.15, -0.1) is 0 Å². The molecule has 2 aliphatic heterocycles. The van der Waals surface area contributed by atoms with E-state index in [1.807, 2.05) is 29.2 Å². The van der Waals surface area contributed by atoms with Crippen molar-refractivity contribution < 1.29 is 77.1 Å². The summed E-state index contributed by atoms with van der Waals surface area (Å²) in [4.78, 5) is 21.8. The summed E-state index contributed by atoms with van der Waals surface area (Å²) in [5.74, 6) is -1.23. The molecule has 1 saturated heterocycles. The van der Waals surface area contributed by atoms with Crippen LogP contribution in [0.4, 0.5) is 34.6 Å². The molecule has 3 aromatic carbocycles. The van der Waals surface area contributed by atoms with E-state index in [-0.39, 0.29) is 63.7 Å². The van der Waals surface area contributed by atoms with Crippen molar-refractivity contribution in [3.05, 3.63) is 77.6 Å². The second-order valence-electron chi connectivity index (χ2n) is 9.61. The molecule has 1 fully saturated rings. The maximum Gasteiger partial charge on any atom is 1.00 e. The quantitative estimate of drug-likeness (QED) is 0.297. The third kappa shape index (κ3) is 8.19. The van der Waals surface area contributed by atoms with E-state index in [4.69, 9.17) is 14.6 Å². The number of rotatable bonds is 6. The third-order valence-corrected chi connectivity index (χ3v) is 7.22. The number of aliphatic hydroxyl groups is 1. The topological polar surface area (TPSA) is 132 Å². The molecule has 45 heavy (non-hydrogen) atoms. The predicted octanol–water partition coefficient (Wildman–Crippen LogP) is 0.161. The van der Waals surface area contributed by atoms with Gasteiger partial charge in [0.05, 0.1) is 31.5 Å². The smallest absolute Gasteiger partial charge is 0.550 e. The Morgan fingerprint density at radius 2 is 1.62 bits per heavy atom. The van der Waals surface area contributed by atoms with E-state index < -0.39 is 36.0 Å². The van der Waals surface area contributed by atoms with E-state index in [0.29, 0.717) is 31.9 Å². The standard InChI is InChI=1S/C29H28F4N4O4.CH4O.Na.H2O/c1-40-20-6-3-5-19(16-20)35-11-13-36(14-12-35)28-34-27-21(7-4-8-22(27)30)23(17-26(38)39)37(28)24-15-18(29(31,32)33)9-10-25(24)41-2;1-2;;/h3-10,15-16,23H,11-14,17H2,1-2H3,(H,38,39);2H,1H3;;1H2/q;;+1;/p-1/t23-;;;/m0.../s1. The molecule has 0 saturated carbocycles. The fraction of sp³-hybridized carbons (Fsp3) is 0.333. The number of benzene rings is 3. The number of carboxylic acids is 1. The SMILES string of the molecule is CO.COc1cccc(N2CCN(C3=Nc4c(F)cccc4[C@H](CC(=O)[O-])N3c3cc(C(F)(F)F)ccc3OC)CC2)c1.O.[Na+]. The number of ether oxygens (including phenoxy) is 2. The second kappa shape index (κ2) is 16.1. The van der Waals surface area contributed by atoms with Crippen LogP contribution in [0.25, 0.3) is 0 Å². The largest absolute Gasteiger partial charge is 1.00 e. The van der Waals surface area contributed by atoms with E-state index in [9.17, 15) is 23.1 Å². The number of guanidine groups is 1. The fourth-order valence-electron chi connectivity index (χ4n) is 5.24. The molecule has 2 aliphatic rings. The van der Waals surface area contributed by atoms with Gasteiger partial charge < -0.3 is 44.7 Å². The van der Waals surface area contributed by atoms with Crippen molar-refractivity contribution in [2.45, 2.75) is 18.6 Å². The molecular formula is C30H33F4N4NaO6. The van der Waals surface area contributed by atoms with Gasteiger partial charge in [0.1, 0.15) is 23.0 Å². The van der Waals surface area contributed by atoms with E-state index >= 15 is 4.39 Å². The van der Waals surface area contributed by atoms with Crippen molar-refractivity contribution in [3.8, 4) is 11.5 Å². The Hall–Kier alpha value is -3.56. The molecule has 3 aromatic rings. The van der Waals surface area contributed by atoms with Crippen molar-refractivity contribution in [2.24, 2.45) is 4.99 Å². The average molecular weight is 645 g/mol. The van der Waals surface area contributed by atoms with Crippen LogP contribution in [-0.2, 0) is 11.0 Å². The Balaban J connectivity index is 0.00000173. The van der Waals surface area contributed by atoms with Crippen LogP contribution in [0.1, 0.15) is 23.6 Å². The monoisotopic (exact) mass is 644 g/mol. The molecular weight excluding hydrogens is 611 g/mol. The number of nitrogens with zero attached hydrogens (tertiary/aromatic N) is 4. The van der Waals surface area contributed by atoms with Crippen LogP contribution in [0.15, 0.2) is 65.7 Å². The van der Waals surface area contributed by atoms with Gasteiger partial charge in [-0.25, -0.2) is 9.38 Å². The molecule has 15 heteroatoms. The number of fused-ring (bicyclic) bond motifs is 1. The number of aliphatic hydroxyl groups excluding tert-OH is 1. The molecule has 0 aromatic heterocycles. The Morgan fingerprint density at radius 1 is 0.978 bits per heavy atom. The molecule has 1 atom stereocenters. The minimum Gasteiger partial charge on any atom is -0.550 e. The number of aliphatic imine (C=N–C) groups is 1. The van der Waals surface area contributed by atoms with Crippen LogP contribution in [0.5, 0.6) is 11.5 Å². The summed E-state index contributed by atoms with van der Waals surface area (Å²) < 4.78 is 67.3. The Bertz CT molecular complexity index is 1490. The van der Waals surface area contributed by atoms with E-state index in [0.717, 1.165) is 24.9 Å². The third-order valence-electron chi connectivity index (χ3n) is 7.22. The summed E-state index contributed by atoms with van der Waals surface area (Å²) in [6.45, 7) is 1.76. The number of carbonyl (C=O) groups is 1. The average Bonchev–Trinajstić information content (AvgIpc) is 3.01. The number of para-hydroxylation sites is 1. The number of hydrogen-bond donors (Lipinski definition) is 1. The van der Waals surface area contributed by atoms with Crippen LogP contribution in [0.2, 0.25) is 0 Å². The zero-order valence-corrected chi connectivity index (χ0v) is 27.3. The first kappa shape index (κ1) is 37.6. The van der Waals surface area contributed by atoms with Gasteiger partial charge in [-0.2, -0.15) is 13.2 Å². The number of halogens is 4. The fourth-order valence-corrected chi connectivity index (χ4v) is 5.24. The normalized spacial score (nSPS) is 15.8. The zero-order chi connectivity index (χ0) is 31.3. The molecule has 3 N–H and O–H groups in total. The Morgan fingerprint density at radius 3 is 2.22 bits per heavy atom. The number of methoxy groups -OCH3 is 2. The minimum atomic E-state index is -4.68. The maximum atomic E-state index is 15.1. The van der Waals surface area contributed by atoms with Gasteiger partial charge in [-0.3, -0.25) is 0 Å². The van der Waals surface area contributed by atoms with Gasteiger partial charge in [-0.1, -0.05) is 18.2 Å². The Kier molecular flexibility index (Phi) is 13.5. The number of carboxylic acid groups (broad SMARTS) is 1. The van der Waals surface area contributed by atoms with Crippen LogP contribution in [0.3, 0.4) is 0 Å². The molecule has 10 nitrogen and oxygen atoms in total. The molecule has 0 bridgehead atoms. The summed E-state index contributed by atoms with van der Waals surface area (Å²) >= 11 is 0. The maximum absolute atomic E-state index is 15.1. The Labute approximate surface area is 280 Å². The summed E-state index contributed by atoms with van der Waals surface area (Å²) in [5, 5.41) is 18.9. The van der Waals surface area contributed by atoms with Crippen LogP contribution in [-0.4, -0.2) is 74.9 Å². The second-order valence-corrected chi connectivity index (χ2v) is 9.61. The van der Waals surface area contributed by atoms with Crippen LogP contribution < -0.4 is 53.9 Å². The van der Waals surface area contributed by atoms with Crippen LogP contribution >= 0.6 is 0 Å². The van der Waals surface area contributed by atoms with Gasteiger partial charge >= 0.3 is 35.7 Å². The number of aliphatic carboxylic acids is 1. The molecule has 0 radical (unpaired) electrons. The van der Waals surface area contributed by atoms with Crippen molar-refractivity contribution in [1.82, 2.24) is 4.90 Å². The number of piperazine rings is 1. The van der Waals surface area contributed by atoms with Gasteiger partial charge in [0, 0.05) is 63.0 Å². The first-order chi connectivity index (χ1) is 20.6. The van der Waals surface area contributed by atoms with E-state index in [1.54, 1.807) is 7.11 Å². The molecule has 0 unspecified atom stereocenters. The number of carbonyl (C=O) groups excluding carboxylic acids is 1. The molecule has 0 spiro atoms. The molecule has 238 valence electrons. The van der Waals surface area contributed by atoms with Crippen molar-refractivity contribution >= 4 is 29.0 Å². The van der Waals surface area contributed by atoms with E-state index in [2.05, 4.69) is 9.89 Å². The van der Waals surface area contributed by atoms with Gasteiger partial charge in [0.2, 0.25) is 5.96 Å². The van der Waals surface area contributed by atoms with Gasteiger partial charge in [-0.05, 0) is 36.4 Å². The summed E-state index contributed by atoms with van der Waals surface area (Å²) in [6, 6.07) is 13.5. The first-order valence-corrected chi connectivity index (χ1v) is 13.3. The molecule has 2 heterocycles. The molecule has 0 aliphatic carbocycles. The summed E-state index contributed by atoms with van der Waals surface area (Å²) in [5.41, 5.74) is 0.0843. The van der Waals surface area contributed by atoms with Gasteiger partial charge in [0.25, 0.3) is 0 Å². The number of alkyl halides is 3. The van der Waals surface area contributed by atoms with Crippen molar-refractivity contribution in [3.63, 3.8) is 0 Å². The van der Waals surface area contributed by atoms with E-state index in [1.165, 1.54) is 36.3 Å². The van der Waals surface area contributed by atoms with Crippen molar-refractivity contribution in [1.29, 1.82) is 0 Å². The molecule has 0 amide bonds. The zero-order valence-electron chi connectivity index (χ0n) is 25.3. The van der Waals surface area contributed by atoms with Crippen LogP contribution in [0, 0.1) is 5.82 Å². The summed E-state index contributed by atoms with van der Waals surface area (Å²) in [6.07, 6.45) is -5.30. The minimum absolute atomic E-state index is 0. The number of anilines is 2. The first-order valence-electron chi connectivity index (χ1n) is 13.3. The predicted molar refractivity (Wildman–Crippen MR) is 155 cm³/mol. The van der Waals surface area contributed by atoms with Gasteiger partial charge in [0.15, 0.2) is 0 Å². The number of hydrogen-bond acceptors (Lipinski definition) is 9. The summed E-state index contributed by atoms with van der Waals surface area (Å²) in [7, 11) is 3.89.